The largest absolute Gasteiger partial charge is 0.325 e. The maximum atomic E-state index is 12.5. The fourth-order valence-electron chi connectivity index (χ4n) is 3.00. The number of carbonyl (C=O) groups is 3. The standard InChI is InChI=1S/C20H20N2O3S/c1-13-8-14(2)10-15(9-13)21-18(23)12-26-17-11-19(24)22(20(17)25)16-6-4-3-5-7-16/h3-10,17H,11-12H2,1-2H3,(H,21,23)/t17-/m1/s1. The highest BCUT2D eigenvalue weighted by atomic mass is 32.2. The van der Waals surface area contributed by atoms with Crippen molar-refractivity contribution in [3.8, 4) is 0 Å². The van der Waals surface area contributed by atoms with E-state index in [2.05, 4.69) is 5.32 Å². The van der Waals surface area contributed by atoms with E-state index < -0.39 is 5.25 Å². The first kappa shape index (κ1) is 18.2. The quantitative estimate of drug-likeness (QED) is 0.823. The zero-order chi connectivity index (χ0) is 18.7. The average molecular weight is 368 g/mol. The van der Waals surface area contributed by atoms with Crippen LogP contribution in [0, 0.1) is 13.8 Å². The average Bonchev–Trinajstić information content (AvgIpc) is 2.86. The third kappa shape index (κ3) is 4.14. The summed E-state index contributed by atoms with van der Waals surface area (Å²) in [7, 11) is 0. The van der Waals surface area contributed by atoms with Crippen LogP contribution in [-0.4, -0.2) is 28.7 Å². The smallest absolute Gasteiger partial charge is 0.247 e. The minimum absolute atomic E-state index is 0.120. The van der Waals surface area contributed by atoms with Gasteiger partial charge in [-0.15, -0.1) is 11.8 Å². The third-order valence-corrected chi connectivity index (χ3v) is 5.24. The van der Waals surface area contributed by atoms with Crippen molar-refractivity contribution in [1.82, 2.24) is 0 Å². The number of imide groups is 1. The van der Waals surface area contributed by atoms with Crippen molar-refractivity contribution in [2.75, 3.05) is 16.0 Å². The second kappa shape index (κ2) is 7.74. The first-order valence-corrected chi connectivity index (χ1v) is 9.40. The Labute approximate surface area is 156 Å². The molecule has 0 aliphatic carbocycles. The fraction of sp³-hybridized carbons (Fsp3) is 0.250. The van der Waals surface area contributed by atoms with E-state index in [9.17, 15) is 14.4 Å². The Morgan fingerprint density at radius 3 is 2.42 bits per heavy atom. The molecule has 5 nitrogen and oxygen atoms in total. The molecule has 1 aliphatic heterocycles. The second-order valence-electron chi connectivity index (χ2n) is 6.33. The Morgan fingerprint density at radius 1 is 1.12 bits per heavy atom. The number of hydrogen-bond donors (Lipinski definition) is 1. The molecule has 0 bridgehead atoms. The van der Waals surface area contributed by atoms with Crippen LogP contribution >= 0.6 is 11.8 Å². The normalized spacial score (nSPS) is 16.8. The van der Waals surface area contributed by atoms with E-state index in [1.54, 1.807) is 24.3 Å². The van der Waals surface area contributed by atoms with Crippen LogP contribution in [0.3, 0.4) is 0 Å². The monoisotopic (exact) mass is 368 g/mol. The van der Waals surface area contributed by atoms with Gasteiger partial charge < -0.3 is 5.32 Å². The molecule has 1 atom stereocenters. The molecule has 0 saturated carbocycles. The predicted molar refractivity (Wildman–Crippen MR) is 104 cm³/mol. The molecule has 6 heteroatoms. The summed E-state index contributed by atoms with van der Waals surface area (Å²) < 4.78 is 0. The van der Waals surface area contributed by atoms with Gasteiger partial charge in [0.05, 0.1) is 16.7 Å². The maximum Gasteiger partial charge on any atom is 0.247 e. The number of amides is 3. The molecule has 0 unspecified atom stereocenters. The van der Waals surface area contributed by atoms with E-state index in [1.165, 1.54) is 16.7 Å². The fourth-order valence-corrected chi connectivity index (χ4v) is 3.94. The van der Waals surface area contributed by atoms with Crippen molar-refractivity contribution in [2.24, 2.45) is 0 Å². The number of anilines is 2. The van der Waals surface area contributed by atoms with E-state index >= 15 is 0 Å². The van der Waals surface area contributed by atoms with E-state index in [-0.39, 0.29) is 29.9 Å². The summed E-state index contributed by atoms with van der Waals surface area (Å²) in [6.45, 7) is 3.94. The third-order valence-electron chi connectivity index (χ3n) is 4.04. The van der Waals surface area contributed by atoms with Crippen molar-refractivity contribution >= 4 is 40.9 Å². The number of rotatable bonds is 5. The minimum Gasteiger partial charge on any atom is -0.325 e. The van der Waals surface area contributed by atoms with Gasteiger partial charge >= 0.3 is 0 Å². The van der Waals surface area contributed by atoms with Crippen LogP contribution in [-0.2, 0) is 14.4 Å². The van der Waals surface area contributed by atoms with Gasteiger partial charge in [0, 0.05) is 12.1 Å². The molecule has 1 fully saturated rings. The molecule has 0 spiro atoms. The molecule has 1 aliphatic rings. The Kier molecular flexibility index (Phi) is 5.42. The SMILES string of the molecule is Cc1cc(C)cc(NC(=O)CS[C@@H]2CC(=O)N(c3ccccc3)C2=O)c1. The Morgan fingerprint density at radius 2 is 1.77 bits per heavy atom. The van der Waals surface area contributed by atoms with E-state index in [0.29, 0.717) is 5.69 Å². The first-order chi connectivity index (χ1) is 12.4. The summed E-state index contributed by atoms with van der Waals surface area (Å²) in [4.78, 5) is 38.1. The highest BCUT2D eigenvalue weighted by Crippen LogP contribution is 2.29. The number of nitrogens with one attached hydrogen (secondary N) is 1. The van der Waals surface area contributed by atoms with Crippen LogP contribution in [0.25, 0.3) is 0 Å². The maximum absolute atomic E-state index is 12.5. The van der Waals surface area contributed by atoms with Crippen LogP contribution in [0.2, 0.25) is 0 Å². The van der Waals surface area contributed by atoms with Crippen LogP contribution in [0.4, 0.5) is 11.4 Å². The second-order valence-corrected chi connectivity index (χ2v) is 7.52. The van der Waals surface area contributed by atoms with Gasteiger partial charge in [0.1, 0.15) is 0 Å². The number of para-hydroxylation sites is 1. The van der Waals surface area contributed by atoms with Gasteiger partial charge in [0.2, 0.25) is 17.7 Å². The number of carbonyl (C=O) groups excluding carboxylic acids is 3. The zero-order valence-corrected chi connectivity index (χ0v) is 15.5. The summed E-state index contributed by atoms with van der Waals surface area (Å²) >= 11 is 1.21. The summed E-state index contributed by atoms with van der Waals surface area (Å²) in [5.74, 6) is -0.545. The molecule has 1 N–H and O–H groups in total. The van der Waals surface area contributed by atoms with Gasteiger partial charge in [0.25, 0.3) is 0 Å². The lowest BCUT2D eigenvalue weighted by atomic mass is 10.1. The molecule has 134 valence electrons. The van der Waals surface area contributed by atoms with E-state index in [0.717, 1.165) is 16.8 Å². The summed E-state index contributed by atoms with van der Waals surface area (Å²) in [6, 6.07) is 14.7. The first-order valence-electron chi connectivity index (χ1n) is 8.35. The minimum atomic E-state index is -0.521. The molecule has 0 aromatic heterocycles. The number of aryl methyl sites for hydroxylation is 2. The lowest BCUT2D eigenvalue weighted by Crippen LogP contribution is -2.31. The summed E-state index contributed by atoms with van der Waals surface area (Å²) in [6.07, 6.45) is 0.120. The zero-order valence-electron chi connectivity index (χ0n) is 14.7. The molecule has 0 radical (unpaired) electrons. The molecule has 3 rings (SSSR count). The number of thioether (sulfide) groups is 1. The Balaban J connectivity index is 1.59. The highest BCUT2D eigenvalue weighted by Gasteiger charge is 2.39. The summed E-state index contributed by atoms with van der Waals surface area (Å²) in [5.41, 5.74) is 3.46. The number of nitrogens with zero attached hydrogens (tertiary/aromatic N) is 1. The molecule has 2 aromatic rings. The van der Waals surface area contributed by atoms with Crippen molar-refractivity contribution < 1.29 is 14.4 Å². The van der Waals surface area contributed by atoms with E-state index in [4.69, 9.17) is 0 Å². The summed E-state index contributed by atoms with van der Waals surface area (Å²) in [5, 5.41) is 2.33. The topological polar surface area (TPSA) is 66.5 Å². The molecule has 26 heavy (non-hydrogen) atoms. The highest BCUT2D eigenvalue weighted by molar-refractivity contribution is 8.01. The van der Waals surface area contributed by atoms with Crippen LogP contribution in [0.5, 0.6) is 0 Å². The van der Waals surface area contributed by atoms with Crippen LogP contribution in [0.15, 0.2) is 48.5 Å². The van der Waals surface area contributed by atoms with Crippen molar-refractivity contribution in [1.29, 1.82) is 0 Å². The Bertz CT molecular complexity index is 831. The van der Waals surface area contributed by atoms with E-state index in [1.807, 2.05) is 38.1 Å². The van der Waals surface area contributed by atoms with Gasteiger partial charge in [-0.25, -0.2) is 4.90 Å². The molecule has 1 heterocycles. The Hall–Kier alpha value is -2.60. The van der Waals surface area contributed by atoms with Crippen LogP contribution in [0.1, 0.15) is 17.5 Å². The molecular formula is C20H20N2O3S. The van der Waals surface area contributed by atoms with Crippen LogP contribution < -0.4 is 10.2 Å². The van der Waals surface area contributed by atoms with Gasteiger partial charge in [-0.3, -0.25) is 14.4 Å². The molecular weight excluding hydrogens is 348 g/mol. The lowest BCUT2D eigenvalue weighted by Gasteiger charge is -2.14. The van der Waals surface area contributed by atoms with Gasteiger partial charge in [-0.1, -0.05) is 24.3 Å². The number of hydrogen-bond acceptors (Lipinski definition) is 4. The van der Waals surface area contributed by atoms with Gasteiger partial charge in [0.15, 0.2) is 0 Å². The molecule has 3 amide bonds. The van der Waals surface area contributed by atoms with Crippen molar-refractivity contribution in [3.63, 3.8) is 0 Å². The van der Waals surface area contributed by atoms with Gasteiger partial charge in [-0.05, 0) is 49.2 Å². The van der Waals surface area contributed by atoms with Crippen molar-refractivity contribution in [2.45, 2.75) is 25.5 Å². The lowest BCUT2D eigenvalue weighted by molar-refractivity contribution is -0.121. The molecule has 2 aromatic carbocycles. The predicted octanol–water partition coefficient (Wildman–Crippen LogP) is 3.31. The van der Waals surface area contributed by atoms with Gasteiger partial charge in [-0.2, -0.15) is 0 Å². The molecule has 1 saturated heterocycles. The number of benzene rings is 2. The van der Waals surface area contributed by atoms with Crippen molar-refractivity contribution in [3.05, 3.63) is 59.7 Å².